The summed E-state index contributed by atoms with van der Waals surface area (Å²) in [5, 5.41) is 0. The van der Waals surface area contributed by atoms with E-state index in [9.17, 15) is 4.79 Å². The number of benzene rings is 1. The predicted octanol–water partition coefficient (Wildman–Crippen LogP) is 2.43. The summed E-state index contributed by atoms with van der Waals surface area (Å²) in [4.78, 5) is 17.8. The molecule has 0 saturated carbocycles. The normalized spacial score (nSPS) is 9.35. The Kier molecular flexibility index (Phi) is 5.07. The van der Waals surface area contributed by atoms with Crippen LogP contribution >= 0.6 is 0 Å². The van der Waals surface area contributed by atoms with E-state index in [1.165, 1.54) is 5.56 Å². The minimum atomic E-state index is 0.431. The number of nitrogens with zero attached hydrogens (tertiary/aromatic N) is 2. The summed E-state index contributed by atoms with van der Waals surface area (Å²) in [6.45, 7) is 6.68. The number of carbonyl (C=O) groups is 1. The molecule has 90 valence electrons. The molecule has 0 N–H and O–H groups in total. The molecule has 0 bridgehead atoms. The highest BCUT2D eigenvalue weighted by Crippen LogP contribution is 2.10. The Morgan fingerprint density at radius 3 is 2.65 bits per heavy atom. The summed E-state index contributed by atoms with van der Waals surface area (Å²) in [5.74, 6) is 0. The lowest BCUT2D eigenvalue weighted by Gasteiger charge is -1.98. The monoisotopic (exact) mass is 232 g/mol. The van der Waals surface area contributed by atoms with Crippen molar-refractivity contribution in [1.82, 2.24) is 9.97 Å². The maximum absolute atomic E-state index is 9.18. The Hall–Kier alpha value is -1.97. The third-order valence-corrected chi connectivity index (χ3v) is 2.05. The average Bonchev–Trinajstić information content (AvgIpc) is 2.30. The Bertz CT molecular complexity index is 461. The molecule has 0 aliphatic rings. The zero-order valence-electron chi connectivity index (χ0n) is 10.3. The molecule has 17 heavy (non-hydrogen) atoms. The lowest BCUT2D eigenvalue weighted by Crippen LogP contribution is -1.86. The molecule has 0 unspecified atom stereocenters. The van der Waals surface area contributed by atoms with Crippen LogP contribution in [0, 0.1) is 13.8 Å². The maximum atomic E-state index is 9.18. The second-order valence-electron chi connectivity index (χ2n) is 3.56. The molecule has 4 heteroatoms. The standard InChI is InChI=1S/C10H10N2.C3H6O2/c1-7-3-4-9-10(5-7)12-8(2)6-11-9;1-2-5-3-4/h3-6H,1-2H3;3H,2H2,1H3. The zero-order chi connectivity index (χ0) is 12.7. The van der Waals surface area contributed by atoms with Crippen molar-refractivity contribution in [3.63, 3.8) is 0 Å². The van der Waals surface area contributed by atoms with Gasteiger partial charge < -0.3 is 4.74 Å². The number of aromatic nitrogens is 2. The van der Waals surface area contributed by atoms with Crippen molar-refractivity contribution < 1.29 is 9.53 Å². The summed E-state index contributed by atoms with van der Waals surface area (Å²) in [6, 6.07) is 6.10. The van der Waals surface area contributed by atoms with Crippen molar-refractivity contribution in [3.8, 4) is 0 Å². The van der Waals surface area contributed by atoms with Crippen molar-refractivity contribution >= 4 is 17.5 Å². The number of hydrogen-bond donors (Lipinski definition) is 0. The third-order valence-electron chi connectivity index (χ3n) is 2.05. The summed E-state index contributed by atoms with van der Waals surface area (Å²) >= 11 is 0. The van der Waals surface area contributed by atoms with Gasteiger partial charge in [-0.3, -0.25) is 9.78 Å². The molecule has 4 nitrogen and oxygen atoms in total. The highest BCUT2D eigenvalue weighted by Gasteiger charge is 1.95. The van der Waals surface area contributed by atoms with Crippen LogP contribution < -0.4 is 0 Å². The third kappa shape index (κ3) is 4.18. The Morgan fingerprint density at radius 2 is 2.06 bits per heavy atom. The van der Waals surface area contributed by atoms with E-state index < -0.39 is 0 Å². The van der Waals surface area contributed by atoms with Crippen LogP contribution in [0.3, 0.4) is 0 Å². The fourth-order valence-corrected chi connectivity index (χ4v) is 1.28. The van der Waals surface area contributed by atoms with Gasteiger partial charge in [0.25, 0.3) is 6.47 Å². The van der Waals surface area contributed by atoms with Crippen molar-refractivity contribution in [3.05, 3.63) is 35.7 Å². The number of fused-ring (bicyclic) bond motifs is 1. The summed E-state index contributed by atoms with van der Waals surface area (Å²) in [7, 11) is 0. The van der Waals surface area contributed by atoms with Gasteiger partial charge in [0, 0.05) is 6.20 Å². The second kappa shape index (κ2) is 6.58. The fraction of sp³-hybridized carbons (Fsp3) is 0.308. The van der Waals surface area contributed by atoms with Gasteiger partial charge in [-0.25, -0.2) is 4.98 Å². The summed E-state index contributed by atoms with van der Waals surface area (Å²) < 4.78 is 4.15. The minimum Gasteiger partial charge on any atom is -0.468 e. The fourth-order valence-electron chi connectivity index (χ4n) is 1.28. The predicted molar refractivity (Wildman–Crippen MR) is 66.7 cm³/mol. The van der Waals surface area contributed by atoms with Crippen LogP contribution in [0.1, 0.15) is 18.2 Å². The first-order chi connectivity index (χ1) is 8.17. The molecule has 0 fully saturated rings. The maximum Gasteiger partial charge on any atom is 0.293 e. The molecule has 1 heterocycles. The van der Waals surface area contributed by atoms with Crippen LogP contribution in [0.5, 0.6) is 0 Å². The van der Waals surface area contributed by atoms with Crippen molar-refractivity contribution in [1.29, 1.82) is 0 Å². The van der Waals surface area contributed by atoms with Crippen LogP contribution in [0.2, 0.25) is 0 Å². The molecule has 0 saturated heterocycles. The molecule has 2 rings (SSSR count). The number of rotatable bonds is 2. The quantitative estimate of drug-likeness (QED) is 0.746. The molecular weight excluding hydrogens is 216 g/mol. The molecule has 0 amide bonds. The zero-order valence-corrected chi connectivity index (χ0v) is 10.3. The van der Waals surface area contributed by atoms with Crippen LogP contribution in [0.25, 0.3) is 11.0 Å². The molecule has 1 aromatic heterocycles. The molecule has 1 aromatic carbocycles. The Morgan fingerprint density at radius 1 is 1.29 bits per heavy atom. The van der Waals surface area contributed by atoms with E-state index in [-0.39, 0.29) is 0 Å². The number of aryl methyl sites for hydroxylation is 2. The molecule has 0 atom stereocenters. The molecule has 2 aromatic rings. The van der Waals surface area contributed by atoms with Crippen LogP contribution in [0.4, 0.5) is 0 Å². The average molecular weight is 232 g/mol. The van der Waals surface area contributed by atoms with Gasteiger partial charge in [-0.2, -0.15) is 0 Å². The van der Waals surface area contributed by atoms with E-state index in [4.69, 9.17) is 0 Å². The number of carbonyl (C=O) groups excluding carboxylic acids is 1. The van der Waals surface area contributed by atoms with Gasteiger partial charge >= 0.3 is 0 Å². The molecule has 0 spiro atoms. The van der Waals surface area contributed by atoms with Crippen LogP contribution in [-0.2, 0) is 9.53 Å². The first-order valence-corrected chi connectivity index (χ1v) is 5.42. The molecule has 0 radical (unpaired) electrons. The summed E-state index contributed by atoms with van der Waals surface area (Å²) in [6.07, 6.45) is 1.79. The molecular formula is C13H16N2O2. The number of ether oxygens (including phenoxy) is 1. The van der Waals surface area contributed by atoms with E-state index in [1.54, 1.807) is 13.1 Å². The van der Waals surface area contributed by atoms with Gasteiger partial charge in [0.15, 0.2) is 0 Å². The van der Waals surface area contributed by atoms with Crippen molar-refractivity contribution in [2.24, 2.45) is 0 Å². The highest BCUT2D eigenvalue weighted by atomic mass is 16.5. The second-order valence-corrected chi connectivity index (χ2v) is 3.56. The van der Waals surface area contributed by atoms with Crippen LogP contribution in [-0.4, -0.2) is 23.0 Å². The lowest BCUT2D eigenvalue weighted by molar-refractivity contribution is -0.128. The minimum absolute atomic E-state index is 0.431. The SMILES string of the molecule is CCOC=O.Cc1ccc2ncc(C)nc2c1. The van der Waals surface area contributed by atoms with Gasteiger partial charge in [0.05, 0.1) is 23.3 Å². The van der Waals surface area contributed by atoms with Gasteiger partial charge in [-0.05, 0) is 38.5 Å². The largest absolute Gasteiger partial charge is 0.468 e. The highest BCUT2D eigenvalue weighted by molar-refractivity contribution is 5.74. The lowest BCUT2D eigenvalue weighted by atomic mass is 10.2. The number of hydrogen-bond acceptors (Lipinski definition) is 4. The van der Waals surface area contributed by atoms with Crippen molar-refractivity contribution in [2.75, 3.05) is 6.61 Å². The van der Waals surface area contributed by atoms with Gasteiger partial charge in [0.2, 0.25) is 0 Å². The summed E-state index contributed by atoms with van der Waals surface area (Å²) in [5.41, 5.74) is 4.14. The topological polar surface area (TPSA) is 52.1 Å². The van der Waals surface area contributed by atoms with E-state index in [2.05, 4.69) is 27.7 Å². The van der Waals surface area contributed by atoms with Crippen molar-refractivity contribution in [2.45, 2.75) is 20.8 Å². The van der Waals surface area contributed by atoms with E-state index in [1.807, 2.05) is 19.1 Å². The Labute approximate surface area is 101 Å². The van der Waals surface area contributed by atoms with Gasteiger partial charge in [0.1, 0.15) is 0 Å². The van der Waals surface area contributed by atoms with E-state index in [0.29, 0.717) is 13.1 Å². The van der Waals surface area contributed by atoms with E-state index in [0.717, 1.165) is 16.7 Å². The van der Waals surface area contributed by atoms with Crippen LogP contribution in [0.15, 0.2) is 24.4 Å². The first kappa shape index (κ1) is 13.1. The molecule has 0 aliphatic heterocycles. The first-order valence-electron chi connectivity index (χ1n) is 5.42. The molecule has 0 aliphatic carbocycles. The van der Waals surface area contributed by atoms with Gasteiger partial charge in [-0.15, -0.1) is 0 Å². The Balaban J connectivity index is 0.000000249. The smallest absolute Gasteiger partial charge is 0.293 e. The van der Waals surface area contributed by atoms with E-state index >= 15 is 0 Å². The van der Waals surface area contributed by atoms with Gasteiger partial charge in [-0.1, -0.05) is 6.07 Å².